The van der Waals surface area contributed by atoms with Gasteiger partial charge in [-0.1, -0.05) is 6.58 Å². The Kier molecular flexibility index (Phi) is 8.27. The molecule has 0 heterocycles. The summed E-state index contributed by atoms with van der Waals surface area (Å²) in [5, 5.41) is 0. The zero-order valence-electron chi connectivity index (χ0n) is 14.8. The van der Waals surface area contributed by atoms with Gasteiger partial charge >= 0.3 is 41.8 Å². The molecule has 30 heavy (non-hydrogen) atoms. The number of carbonyl (C=O) groups excluding carboxylic acids is 1. The summed E-state index contributed by atoms with van der Waals surface area (Å²) in [7, 11) is 0.917. The van der Waals surface area contributed by atoms with E-state index in [1.54, 1.807) is 0 Å². The summed E-state index contributed by atoms with van der Waals surface area (Å²) >= 11 is 0. The van der Waals surface area contributed by atoms with Crippen molar-refractivity contribution in [1.29, 1.82) is 0 Å². The number of halogens is 13. The number of ether oxygens (including phenoxy) is 1. The molecule has 0 N–H and O–H groups in total. The molecule has 0 atom stereocenters. The van der Waals surface area contributed by atoms with E-state index in [1.165, 1.54) is 0 Å². The van der Waals surface area contributed by atoms with Gasteiger partial charge in [0.05, 0.1) is 0 Å². The molecule has 0 fully saturated rings. The molecule has 0 bridgehead atoms. The third-order valence-electron chi connectivity index (χ3n) is 3.69. The second kappa shape index (κ2) is 8.78. The lowest BCUT2D eigenvalue weighted by Crippen LogP contribution is -2.70. The number of esters is 1. The Labute approximate surface area is 160 Å². The fourth-order valence-electron chi connectivity index (χ4n) is 1.76. The van der Waals surface area contributed by atoms with Crippen molar-refractivity contribution in [1.82, 2.24) is 4.90 Å². The molecule has 0 amide bonds. The molecule has 0 unspecified atom stereocenters. The molecular formula is C14H14F13NO2. The Hall–Kier alpha value is -1.74. The minimum atomic E-state index is -7.91. The molecule has 0 rings (SSSR count). The minimum absolute atomic E-state index is 0.445. The molecule has 0 saturated carbocycles. The van der Waals surface area contributed by atoms with Crippen molar-refractivity contribution in [2.24, 2.45) is 0 Å². The average Bonchev–Trinajstić information content (AvgIpc) is 2.58. The molecule has 0 aliphatic carbocycles. The Balaban J connectivity index is 5.50. The van der Waals surface area contributed by atoms with Crippen LogP contribution in [0.5, 0.6) is 0 Å². The Morgan fingerprint density at radius 1 is 0.800 bits per heavy atom. The van der Waals surface area contributed by atoms with Crippen LogP contribution in [-0.4, -0.2) is 73.4 Å². The van der Waals surface area contributed by atoms with E-state index in [0.29, 0.717) is 11.0 Å². The predicted molar refractivity (Wildman–Crippen MR) is 74.1 cm³/mol. The van der Waals surface area contributed by atoms with Crippen LogP contribution in [-0.2, 0) is 9.53 Å². The Bertz CT molecular complexity index is 615. The normalized spacial score (nSPS) is 14.8. The number of rotatable bonds is 11. The fraction of sp³-hybridized carbons (Fsp3) is 0.786. The molecule has 0 aliphatic heterocycles. The molecule has 0 aromatic carbocycles. The van der Waals surface area contributed by atoms with Crippen LogP contribution >= 0.6 is 0 Å². The van der Waals surface area contributed by atoms with Crippen molar-refractivity contribution in [3.8, 4) is 0 Å². The second-order valence-electron chi connectivity index (χ2n) is 5.92. The van der Waals surface area contributed by atoms with Gasteiger partial charge in [0.25, 0.3) is 0 Å². The number of carbonyl (C=O) groups is 1. The number of hydrogen-bond acceptors (Lipinski definition) is 3. The second-order valence-corrected chi connectivity index (χ2v) is 5.92. The van der Waals surface area contributed by atoms with E-state index in [4.69, 9.17) is 0 Å². The van der Waals surface area contributed by atoms with E-state index in [0.717, 1.165) is 7.05 Å². The third-order valence-corrected chi connectivity index (χ3v) is 3.69. The van der Waals surface area contributed by atoms with Crippen LogP contribution in [0.15, 0.2) is 12.7 Å². The number of alkyl halides is 13. The van der Waals surface area contributed by atoms with Gasteiger partial charge in [0, 0.05) is 25.6 Å². The number of nitrogens with zero attached hydrogens (tertiary/aromatic N) is 1. The van der Waals surface area contributed by atoms with E-state index in [2.05, 4.69) is 11.3 Å². The SMILES string of the molecule is C=CC(=O)OCCN(C)CCC(F)(F)C(F)(F)C(F)(F)C(F)(F)C(F)(F)C(F)(F)F. The van der Waals surface area contributed by atoms with Gasteiger partial charge in [-0.3, -0.25) is 0 Å². The summed E-state index contributed by atoms with van der Waals surface area (Å²) in [6.07, 6.45) is -9.07. The van der Waals surface area contributed by atoms with E-state index in [-0.39, 0.29) is 0 Å². The number of hydrogen-bond donors (Lipinski definition) is 0. The first-order valence-electron chi connectivity index (χ1n) is 7.53. The molecular weight excluding hydrogens is 461 g/mol. The van der Waals surface area contributed by atoms with Crippen molar-refractivity contribution in [2.45, 2.75) is 42.2 Å². The van der Waals surface area contributed by atoms with Gasteiger partial charge in [0.15, 0.2) is 0 Å². The molecule has 16 heteroatoms. The molecule has 3 nitrogen and oxygen atoms in total. The average molecular weight is 475 g/mol. The van der Waals surface area contributed by atoms with Crippen LogP contribution in [0.2, 0.25) is 0 Å². The quantitative estimate of drug-likeness (QED) is 0.245. The van der Waals surface area contributed by atoms with Gasteiger partial charge in [-0.15, -0.1) is 0 Å². The van der Waals surface area contributed by atoms with Gasteiger partial charge in [-0.2, -0.15) is 57.1 Å². The predicted octanol–water partition coefficient (Wildman–Crippen LogP) is 4.78. The summed E-state index contributed by atoms with van der Waals surface area (Å²) in [4.78, 5) is 11.4. The van der Waals surface area contributed by atoms with Crippen molar-refractivity contribution in [3.63, 3.8) is 0 Å². The minimum Gasteiger partial charge on any atom is -0.461 e. The highest BCUT2D eigenvalue weighted by atomic mass is 19.4. The van der Waals surface area contributed by atoms with Crippen LogP contribution in [0.1, 0.15) is 6.42 Å². The first-order valence-corrected chi connectivity index (χ1v) is 7.53. The van der Waals surface area contributed by atoms with Crippen LogP contribution in [0, 0.1) is 0 Å². The smallest absolute Gasteiger partial charge is 0.460 e. The van der Waals surface area contributed by atoms with Crippen LogP contribution in [0.25, 0.3) is 0 Å². The Morgan fingerprint density at radius 2 is 1.23 bits per heavy atom. The molecule has 0 saturated heterocycles. The molecule has 178 valence electrons. The summed E-state index contributed by atoms with van der Waals surface area (Å²) in [5.74, 6) is -37.8. The highest BCUT2D eigenvalue weighted by Crippen LogP contribution is 2.60. The lowest BCUT2D eigenvalue weighted by Gasteiger charge is -2.40. The lowest BCUT2D eigenvalue weighted by molar-refractivity contribution is -0.440. The first kappa shape index (κ1) is 28.3. The molecule has 0 aromatic heterocycles. The maximum absolute atomic E-state index is 13.6. The molecule has 0 radical (unpaired) electrons. The van der Waals surface area contributed by atoms with Gasteiger partial charge in [-0.05, 0) is 7.05 Å². The van der Waals surface area contributed by atoms with Crippen LogP contribution < -0.4 is 0 Å². The van der Waals surface area contributed by atoms with E-state index >= 15 is 0 Å². The molecule has 0 spiro atoms. The molecule has 0 aliphatic rings. The van der Waals surface area contributed by atoms with Gasteiger partial charge in [0.1, 0.15) is 6.61 Å². The fourth-order valence-corrected chi connectivity index (χ4v) is 1.76. The number of likely N-dealkylation sites (N-methyl/N-ethyl adjacent to an activating group) is 1. The van der Waals surface area contributed by atoms with Gasteiger partial charge < -0.3 is 9.64 Å². The topological polar surface area (TPSA) is 29.5 Å². The summed E-state index contributed by atoms with van der Waals surface area (Å²) in [6, 6.07) is 0. The van der Waals surface area contributed by atoms with Gasteiger partial charge in [-0.25, -0.2) is 4.79 Å². The highest BCUT2D eigenvalue weighted by Gasteiger charge is 2.90. The van der Waals surface area contributed by atoms with Crippen molar-refractivity contribution >= 4 is 5.97 Å². The summed E-state index contributed by atoms with van der Waals surface area (Å²) in [5.41, 5.74) is 0. The monoisotopic (exact) mass is 475 g/mol. The zero-order chi connectivity index (χ0) is 24.4. The third kappa shape index (κ3) is 5.11. The first-order chi connectivity index (χ1) is 13.1. The maximum atomic E-state index is 13.6. The zero-order valence-corrected chi connectivity index (χ0v) is 14.8. The maximum Gasteiger partial charge on any atom is 0.460 e. The standard InChI is InChI=1S/C14H14F13NO2/c1-3-8(29)30-7-6-28(2)5-4-9(15,16)10(17,18)11(19,20)12(21,22)13(23,24)14(25,26)27/h3H,1,4-7H2,2H3. The highest BCUT2D eigenvalue weighted by molar-refractivity contribution is 5.81. The van der Waals surface area contributed by atoms with Crippen LogP contribution in [0.3, 0.4) is 0 Å². The van der Waals surface area contributed by atoms with Gasteiger partial charge in [0.2, 0.25) is 0 Å². The van der Waals surface area contributed by atoms with Crippen molar-refractivity contribution < 1.29 is 66.6 Å². The largest absolute Gasteiger partial charge is 0.461 e. The Morgan fingerprint density at radius 3 is 1.63 bits per heavy atom. The lowest BCUT2D eigenvalue weighted by atomic mass is 9.92. The van der Waals surface area contributed by atoms with Crippen molar-refractivity contribution in [3.05, 3.63) is 12.7 Å². The molecule has 0 aromatic rings. The van der Waals surface area contributed by atoms with E-state index in [1.807, 2.05) is 0 Å². The summed E-state index contributed by atoms with van der Waals surface area (Å²) in [6.45, 7) is 0.795. The van der Waals surface area contributed by atoms with E-state index in [9.17, 15) is 61.9 Å². The summed E-state index contributed by atoms with van der Waals surface area (Å²) < 4.78 is 172. The van der Waals surface area contributed by atoms with E-state index < -0.39 is 67.9 Å². The van der Waals surface area contributed by atoms with Crippen LogP contribution in [0.4, 0.5) is 57.1 Å². The van der Waals surface area contributed by atoms with Crippen molar-refractivity contribution in [2.75, 3.05) is 26.7 Å².